The van der Waals surface area contributed by atoms with Crippen LogP contribution in [0.15, 0.2) is 30.3 Å². The maximum absolute atomic E-state index is 12.1. The number of benzene rings is 1. The molecule has 1 aromatic carbocycles. The average Bonchev–Trinajstić information content (AvgIpc) is 2.70. The van der Waals surface area contributed by atoms with E-state index in [0.29, 0.717) is 16.4 Å². The van der Waals surface area contributed by atoms with Crippen molar-refractivity contribution in [3.05, 3.63) is 41.0 Å². The number of nitrogens with one attached hydrogen (secondary N) is 1. The number of carbonyl (C=O) groups is 1. The van der Waals surface area contributed by atoms with Gasteiger partial charge in [-0.05, 0) is 31.2 Å². The normalized spacial score (nSPS) is 11.4. The summed E-state index contributed by atoms with van der Waals surface area (Å²) in [6.07, 6.45) is -4.95. The predicted molar refractivity (Wildman–Crippen MR) is 68.0 cm³/mol. The summed E-state index contributed by atoms with van der Waals surface area (Å²) in [7, 11) is 0. The molecule has 20 heavy (non-hydrogen) atoms. The van der Waals surface area contributed by atoms with Crippen molar-refractivity contribution in [2.45, 2.75) is 13.1 Å². The second kappa shape index (κ2) is 5.16. The van der Waals surface area contributed by atoms with Crippen LogP contribution in [0, 0.1) is 6.92 Å². The highest BCUT2D eigenvalue weighted by molar-refractivity contribution is 6.30. The van der Waals surface area contributed by atoms with Gasteiger partial charge in [-0.25, -0.2) is 4.68 Å². The Morgan fingerprint density at radius 2 is 1.90 bits per heavy atom. The third kappa shape index (κ3) is 3.11. The van der Waals surface area contributed by atoms with Crippen LogP contribution in [0.5, 0.6) is 0 Å². The summed E-state index contributed by atoms with van der Waals surface area (Å²) in [5.74, 6) is -2.22. The van der Waals surface area contributed by atoms with Gasteiger partial charge in [-0.3, -0.25) is 4.79 Å². The van der Waals surface area contributed by atoms with Gasteiger partial charge in [-0.1, -0.05) is 11.6 Å². The van der Waals surface area contributed by atoms with Crippen molar-refractivity contribution in [3.8, 4) is 5.69 Å². The summed E-state index contributed by atoms with van der Waals surface area (Å²) in [5, 5.41) is 6.14. The lowest BCUT2D eigenvalue weighted by molar-refractivity contribution is -0.167. The number of halogens is 4. The Labute approximate surface area is 117 Å². The van der Waals surface area contributed by atoms with Crippen molar-refractivity contribution < 1.29 is 18.0 Å². The molecule has 4 nitrogen and oxygen atoms in total. The van der Waals surface area contributed by atoms with Gasteiger partial charge in [-0.15, -0.1) is 5.10 Å². The minimum Gasteiger partial charge on any atom is -0.301 e. The third-order valence-corrected chi connectivity index (χ3v) is 2.71. The van der Waals surface area contributed by atoms with Gasteiger partial charge in [0.15, 0.2) is 5.82 Å². The molecule has 1 amide bonds. The average molecular weight is 304 g/mol. The molecule has 1 N–H and O–H groups in total. The van der Waals surface area contributed by atoms with E-state index in [-0.39, 0.29) is 5.82 Å². The van der Waals surface area contributed by atoms with Gasteiger partial charge in [0.2, 0.25) is 0 Å². The number of carbonyl (C=O) groups excluding carboxylic acids is 1. The highest BCUT2D eigenvalue weighted by atomic mass is 35.5. The van der Waals surface area contributed by atoms with Crippen molar-refractivity contribution in [1.29, 1.82) is 0 Å². The topological polar surface area (TPSA) is 46.9 Å². The van der Waals surface area contributed by atoms with Crippen LogP contribution in [0.25, 0.3) is 5.69 Å². The lowest BCUT2D eigenvalue weighted by atomic mass is 10.3. The Morgan fingerprint density at radius 3 is 2.45 bits per heavy atom. The molecule has 0 bridgehead atoms. The van der Waals surface area contributed by atoms with Crippen molar-refractivity contribution in [2.24, 2.45) is 0 Å². The number of amides is 1. The monoisotopic (exact) mass is 303 g/mol. The highest BCUT2D eigenvalue weighted by Gasteiger charge is 2.39. The van der Waals surface area contributed by atoms with Crippen LogP contribution in [-0.2, 0) is 4.79 Å². The number of hydrogen-bond donors (Lipinski definition) is 1. The van der Waals surface area contributed by atoms with E-state index in [1.54, 1.807) is 36.5 Å². The fourth-order valence-electron chi connectivity index (χ4n) is 1.57. The van der Waals surface area contributed by atoms with Gasteiger partial charge in [0.25, 0.3) is 0 Å². The number of aryl methyl sites for hydroxylation is 1. The van der Waals surface area contributed by atoms with E-state index in [0.717, 1.165) is 0 Å². The second-order valence-corrected chi connectivity index (χ2v) is 4.45. The molecule has 0 aliphatic rings. The molecular weight excluding hydrogens is 295 g/mol. The number of anilines is 1. The Kier molecular flexibility index (Phi) is 3.71. The smallest absolute Gasteiger partial charge is 0.301 e. The highest BCUT2D eigenvalue weighted by Crippen LogP contribution is 2.20. The lowest BCUT2D eigenvalue weighted by Gasteiger charge is -2.05. The first kappa shape index (κ1) is 14.4. The van der Waals surface area contributed by atoms with Gasteiger partial charge in [-0.2, -0.15) is 13.2 Å². The fraction of sp³-hybridized carbons (Fsp3) is 0.167. The van der Waals surface area contributed by atoms with Crippen LogP contribution in [0.3, 0.4) is 0 Å². The van der Waals surface area contributed by atoms with Crippen LogP contribution >= 0.6 is 11.6 Å². The number of nitrogens with zero attached hydrogens (tertiary/aromatic N) is 2. The largest absolute Gasteiger partial charge is 0.471 e. The number of alkyl halides is 3. The summed E-state index contributed by atoms with van der Waals surface area (Å²) in [6.45, 7) is 1.66. The molecule has 1 heterocycles. The minimum atomic E-state index is -4.95. The van der Waals surface area contributed by atoms with E-state index < -0.39 is 12.1 Å². The zero-order chi connectivity index (χ0) is 14.9. The Morgan fingerprint density at radius 1 is 1.30 bits per heavy atom. The van der Waals surface area contributed by atoms with Crippen LogP contribution < -0.4 is 5.32 Å². The van der Waals surface area contributed by atoms with Gasteiger partial charge in [0.05, 0.1) is 5.69 Å². The molecule has 1 aromatic heterocycles. The predicted octanol–water partition coefficient (Wildman–Crippen LogP) is 3.33. The van der Waals surface area contributed by atoms with Gasteiger partial charge < -0.3 is 5.32 Å². The third-order valence-electron chi connectivity index (χ3n) is 2.46. The van der Waals surface area contributed by atoms with E-state index in [1.807, 2.05) is 0 Å². The minimum absolute atomic E-state index is 0.167. The summed E-state index contributed by atoms with van der Waals surface area (Å²) in [4.78, 5) is 10.8. The quantitative estimate of drug-likeness (QED) is 0.925. The van der Waals surface area contributed by atoms with Crippen molar-refractivity contribution in [3.63, 3.8) is 0 Å². The van der Waals surface area contributed by atoms with E-state index in [4.69, 9.17) is 11.6 Å². The van der Waals surface area contributed by atoms with E-state index in [2.05, 4.69) is 5.10 Å². The molecule has 0 saturated heterocycles. The first-order valence-electron chi connectivity index (χ1n) is 5.48. The van der Waals surface area contributed by atoms with E-state index >= 15 is 0 Å². The van der Waals surface area contributed by atoms with E-state index in [9.17, 15) is 18.0 Å². The zero-order valence-electron chi connectivity index (χ0n) is 10.2. The number of aromatic nitrogens is 2. The van der Waals surface area contributed by atoms with E-state index in [1.165, 1.54) is 10.7 Å². The molecule has 2 rings (SSSR count). The number of hydrogen-bond acceptors (Lipinski definition) is 2. The summed E-state index contributed by atoms with van der Waals surface area (Å²) in [6, 6.07) is 7.94. The maximum atomic E-state index is 12.1. The molecule has 8 heteroatoms. The molecule has 0 atom stereocenters. The summed E-state index contributed by atoms with van der Waals surface area (Å²) < 4.78 is 37.8. The maximum Gasteiger partial charge on any atom is 0.471 e. The first-order chi connectivity index (χ1) is 9.27. The number of rotatable bonds is 2. The van der Waals surface area contributed by atoms with Gasteiger partial charge in [0, 0.05) is 16.8 Å². The van der Waals surface area contributed by atoms with Crippen LogP contribution in [0.4, 0.5) is 19.0 Å². The molecule has 0 aliphatic heterocycles. The van der Waals surface area contributed by atoms with Crippen LogP contribution in [0.1, 0.15) is 5.69 Å². The molecule has 0 fully saturated rings. The Balaban J connectivity index is 2.26. The zero-order valence-corrected chi connectivity index (χ0v) is 11.0. The molecule has 0 radical (unpaired) electrons. The molecule has 0 unspecified atom stereocenters. The standard InChI is InChI=1S/C12H9ClF3N3O/c1-7-6-10(17-11(20)12(14,15)16)18-19(7)9-4-2-8(13)3-5-9/h2-6H,1H3,(H,17,18,20). The summed E-state index contributed by atoms with van der Waals surface area (Å²) in [5.41, 5.74) is 1.20. The van der Waals surface area contributed by atoms with Gasteiger partial charge >= 0.3 is 12.1 Å². The molecule has 106 valence electrons. The van der Waals surface area contributed by atoms with Crippen LogP contribution in [0.2, 0.25) is 5.02 Å². The molecule has 0 saturated carbocycles. The lowest BCUT2D eigenvalue weighted by Crippen LogP contribution is -2.30. The SMILES string of the molecule is Cc1cc(NC(=O)C(F)(F)F)nn1-c1ccc(Cl)cc1. The second-order valence-electron chi connectivity index (χ2n) is 4.01. The molecular formula is C12H9ClF3N3O. The van der Waals surface area contributed by atoms with Crippen LogP contribution in [-0.4, -0.2) is 21.9 Å². The molecule has 0 spiro atoms. The molecule has 0 aliphatic carbocycles. The Bertz CT molecular complexity index is 634. The van der Waals surface area contributed by atoms with Crippen molar-refractivity contribution in [2.75, 3.05) is 5.32 Å². The van der Waals surface area contributed by atoms with Crippen molar-refractivity contribution in [1.82, 2.24) is 9.78 Å². The first-order valence-corrected chi connectivity index (χ1v) is 5.86. The fourth-order valence-corrected chi connectivity index (χ4v) is 1.69. The molecule has 2 aromatic rings. The van der Waals surface area contributed by atoms with Gasteiger partial charge in [0.1, 0.15) is 0 Å². The Hall–Kier alpha value is -2.02. The summed E-state index contributed by atoms with van der Waals surface area (Å²) >= 11 is 5.75. The van der Waals surface area contributed by atoms with Crippen molar-refractivity contribution >= 4 is 23.3 Å².